The molecule has 8 heteroatoms. The van der Waals surface area contributed by atoms with Crippen LogP contribution >= 0.6 is 11.6 Å². The van der Waals surface area contributed by atoms with Crippen LogP contribution in [0.4, 0.5) is 0 Å². The number of rotatable bonds is 9. The second-order valence-corrected chi connectivity index (χ2v) is 7.87. The first kappa shape index (κ1) is 20.5. The summed E-state index contributed by atoms with van der Waals surface area (Å²) in [6.07, 6.45) is 0. The Labute approximate surface area is 159 Å². The quantitative estimate of drug-likeness (QED) is 0.635. The van der Waals surface area contributed by atoms with E-state index in [1.807, 2.05) is 13.0 Å². The van der Waals surface area contributed by atoms with Crippen molar-refractivity contribution in [3.05, 3.63) is 52.5 Å². The van der Waals surface area contributed by atoms with Gasteiger partial charge in [0.2, 0.25) is 10.0 Å². The first-order chi connectivity index (χ1) is 12.4. The van der Waals surface area contributed by atoms with E-state index in [0.717, 1.165) is 11.1 Å². The molecule has 0 aromatic heterocycles. The lowest BCUT2D eigenvalue weighted by Crippen LogP contribution is -2.31. The van der Waals surface area contributed by atoms with E-state index in [1.165, 1.54) is 7.11 Å². The predicted octanol–water partition coefficient (Wildman–Crippen LogP) is 2.73. The minimum absolute atomic E-state index is 0.259. The molecule has 2 N–H and O–H groups in total. The Hall–Kier alpha value is -1.80. The van der Waals surface area contributed by atoms with Crippen LogP contribution in [0.1, 0.15) is 11.1 Å². The Bertz CT molecular complexity index is 839. The fraction of sp³-hybridized carbons (Fsp3) is 0.333. The van der Waals surface area contributed by atoms with Crippen LogP contribution in [0, 0.1) is 6.92 Å². The standard InChI is InChI=1S/C18H23ClN2O4S/c1-13-4-6-15(7-5-13)26(22,23)21-9-8-20-12-14-10-16(19)18(25-3)17(11-14)24-2/h4-7,10-11,20-21H,8-9,12H2,1-3H3. The van der Waals surface area contributed by atoms with Crippen molar-refractivity contribution in [1.82, 2.24) is 10.0 Å². The summed E-state index contributed by atoms with van der Waals surface area (Å²) < 4.78 is 37.4. The average Bonchev–Trinajstić information content (AvgIpc) is 2.61. The lowest BCUT2D eigenvalue weighted by atomic mass is 10.2. The van der Waals surface area contributed by atoms with E-state index >= 15 is 0 Å². The summed E-state index contributed by atoms with van der Waals surface area (Å²) in [5, 5.41) is 3.63. The Morgan fingerprint density at radius 2 is 1.73 bits per heavy atom. The Kier molecular flexibility index (Phi) is 7.28. The minimum atomic E-state index is -3.50. The van der Waals surface area contributed by atoms with Gasteiger partial charge in [-0.3, -0.25) is 0 Å². The molecule has 0 bridgehead atoms. The summed E-state index contributed by atoms with van der Waals surface area (Å²) in [6.45, 7) is 3.18. The maximum Gasteiger partial charge on any atom is 0.240 e. The summed E-state index contributed by atoms with van der Waals surface area (Å²) in [6, 6.07) is 10.3. The van der Waals surface area contributed by atoms with Crippen molar-refractivity contribution in [2.75, 3.05) is 27.3 Å². The van der Waals surface area contributed by atoms with E-state index in [9.17, 15) is 8.42 Å². The first-order valence-corrected chi connectivity index (χ1v) is 9.91. The van der Waals surface area contributed by atoms with Crippen LogP contribution < -0.4 is 19.5 Å². The SMILES string of the molecule is COc1cc(CNCCNS(=O)(=O)c2ccc(C)cc2)cc(Cl)c1OC. The highest BCUT2D eigenvalue weighted by Gasteiger charge is 2.13. The molecule has 0 spiro atoms. The van der Waals surface area contributed by atoms with Crippen molar-refractivity contribution in [2.24, 2.45) is 0 Å². The van der Waals surface area contributed by atoms with E-state index in [4.69, 9.17) is 21.1 Å². The smallest absolute Gasteiger partial charge is 0.240 e. The van der Waals surface area contributed by atoms with Gasteiger partial charge in [0.05, 0.1) is 24.1 Å². The van der Waals surface area contributed by atoms with Gasteiger partial charge in [-0.25, -0.2) is 13.1 Å². The number of hydrogen-bond donors (Lipinski definition) is 2. The van der Waals surface area contributed by atoms with Crippen LogP contribution in [-0.4, -0.2) is 35.7 Å². The van der Waals surface area contributed by atoms with Crippen molar-refractivity contribution in [3.63, 3.8) is 0 Å². The fourth-order valence-electron chi connectivity index (χ4n) is 2.38. The molecule has 0 amide bonds. The van der Waals surface area contributed by atoms with E-state index < -0.39 is 10.0 Å². The molecular weight excluding hydrogens is 376 g/mol. The molecule has 0 saturated heterocycles. The van der Waals surface area contributed by atoms with Crippen LogP contribution in [0.25, 0.3) is 0 Å². The van der Waals surface area contributed by atoms with E-state index in [0.29, 0.717) is 29.6 Å². The molecule has 26 heavy (non-hydrogen) atoms. The molecule has 0 radical (unpaired) electrons. The van der Waals surface area contributed by atoms with Crippen LogP contribution in [0.3, 0.4) is 0 Å². The third-order valence-electron chi connectivity index (χ3n) is 3.75. The summed E-state index contributed by atoms with van der Waals surface area (Å²) >= 11 is 6.17. The topological polar surface area (TPSA) is 76.7 Å². The minimum Gasteiger partial charge on any atom is -0.493 e. The molecule has 0 unspecified atom stereocenters. The number of benzene rings is 2. The maximum atomic E-state index is 12.2. The van der Waals surface area contributed by atoms with Gasteiger partial charge < -0.3 is 14.8 Å². The lowest BCUT2D eigenvalue weighted by Gasteiger charge is -2.12. The molecule has 0 atom stereocenters. The summed E-state index contributed by atoms with van der Waals surface area (Å²) in [5.74, 6) is 1.04. The van der Waals surface area contributed by atoms with Gasteiger partial charge in [0.25, 0.3) is 0 Å². The van der Waals surface area contributed by atoms with Gasteiger partial charge >= 0.3 is 0 Å². The van der Waals surface area contributed by atoms with Gasteiger partial charge in [-0.2, -0.15) is 0 Å². The summed E-state index contributed by atoms with van der Waals surface area (Å²) in [5.41, 5.74) is 1.92. The molecule has 142 valence electrons. The summed E-state index contributed by atoms with van der Waals surface area (Å²) in [4.78, 5) is 0.259. The predicted molar refractivity (Wildman–Crippen MR) is 103 cm³/mol. The number of hydrogen-bond acceptors (Lipinski definition) is 5. The molecule has 6 nitrogen and oxygen atoms in total. The molecule has 0 aliphatic rings. The van der Waals surface area contributed by atoms with E-state index in [1.54, 1.807) is 37.4 Å². The molecule has 0 heterocycles. The van der Waals surface area contributed by atoms with Crippen LogP contribution in [0.15, 0.2) is 41.3 Å². The molecule has 0 aliphatic heterocycles. The number of sulfonamides is 1. The maximum absolute atomic E-state index is 12.2. The third kappa shape index (κ3) is 5.35. The lowest BCUT2D eigenvalue weighted by molar-refractivity contribution is 0.354. The van der Waals surface area contributed by atoms with Gasteiger partial charge in [0.1, 0.15) is 0 Å². The van der Waals surface area contributed by atoms with Crippen molar-refractivity contribution in [1.29, 1.82) is 0 Å². The van der Waals surface area contributed by atoms with Gasteiger partial charge in [-0.15, -0.1) is 0 Å². The molecule has 2 aromatic carbocycles. The Morgan fingerprint density at radius 3 is 2.35 bits per heavy atom. The summed E-state index contributed by atoms with van der Waals surface area (Å²) in [7, 11) is -0.420. The van der Waals surface area contributed by atoms with E-state index in [2.05, 4.69) is 10.0 Å². The van der Waals surface area contributed by atoms with Gasteiger partial charge in [-0.05, 0) is 36.8 Å². The highest BCUT2D eigenvalue weighted by Crippen LogP contribution is 2.35. The van der Waals surface area contributed by atoms with Crippen LogP contribution in [0.5, 0.6) is 11.5 Å². The molecule has 2 rings (SSSR count). The Morgan fingerprint density at radius 1 is 1.04 bits per heavy atom. The molecular formula is C18H23ClN2O4S. The average molecular weight is 399 g/mol. The van der Waals surface area contributed by atoms with Gasteiger partial charge in [0.15, 0.2) is 11.5 Å². The second kappa shape index (κ2) is 9.23. The van der Waals surface area contributed by atoms with Crippen molar-refractivity contribution in [2.45, 2.75) is 18.4 Å². The van der Waals surface area contributed by atoms with Crippen LogP contribution in [-0.2, 0) is 16.6 Å². The normalized spacial score (nSPS) is 11.4. The molecule has 0 fully saturated rings. The highest BCUT2D eigenvalue weighted by molar-refractivity contribution is 7.89. The number of halogens is 1. The van der Waals surface area contributed by atoms with Crippen LogP contribution in [0.2, 0.25) is 5.02 Å². The molecule has 0 saturated carbocycles. The second-order valence-electron chi connectivity index (χ2n) is 5.70. The zero-order valence-electron chi connectivity index (χ0n) is 15.0. The molecule has 0 aliphatic carbocycles. The monoisotopic (exact) mass is 398 g/mol. The zero-order chi connectivity index (χ0) is 19.2. The van der Waals surface area contributed by atoms with Crippen molar-refractivity contribution in [3.8, 4) is 11.5 Å². The number of aryl methyl sites for hydroxylation is 1. The number of ether oxygens (including phenoxy) is 2. The first-order valence-electron chi connectivity index (χ1n) is 8.05. The van der Waals surface area contributed by atoms with Crippen molar-refractivity contribution < 1.29 is 17.9 Å². The van der Waals surface area contributed by atoms with Crippen molar-refractivity contribution >= 4 is 21.6 Å². The fourth-order valence-corrected chi connectivity index (χ4v) is 3.72. The van der Waals surface area contributed by atoms with Gasteiger partial charge in [0, 0.05) is 19.6 Å². The van der Waals surface area contributed by atoms with Gasteiger partial charge in [-0.1, -0.05) is 29.3 Å². The van der Waals surface area contributed by atoms with E-state index in [-0.39, 0.29) is 11.4 Å². The third-order valence-corrected chi connectivity index (χ3v) is 5.51. The highest BCUT2D eigenvalue weighted by atomic mass is 35.5. The molecule has 2 aromatic rings. The number of methoxy groups -OCH3 is 2. The largest absolute Gasteiger partial charge is 0.493 e. The Balaban J connectivity index is 1.85. The zero-order valence-corrected chi connectivity index (χ0v) is 16.6. The number of nitrogens with one attached hydrogen (secondary N) is 2.